The summed E-state index contributed by atoms with van der Waals surface area (Å²) < 4.78 is 7.12. The molecule has 0 amide bonds. The summed E-state index contributed by atoms with van der Waals surface area (Å²) in [6.07, 6.45) is 3.48. The van der Waals surface area contributed by atoms with Gasteiger partial charge in [0.2, 0.25) is 0 Å². The van der Waals surface area contributed by atoms with Crippen molar-refractivity contribution in [2.24, 2.45) is 7.05 Å². The lowest BCUT2D eigenvalue weighted by atomic mass is 10.0. The lowest BCUT2D eigenvalue weighted by molar-refractivity contribution is 0.0460. The maximum atomic E-state index is 12.9. The molecule has 1 aromatic carbocycles. The highest BCUT2D eigenvalue weighted by Crippen LogP contribution is 2.34. The standard InChI is InChI=1S/C24H26ClN7O2/c1-4-32(5-2)11-12-34-24(33)22-23(26)29-21(18-8-10-31(3)30-18)20(28-22)16-13-15-7-6-9-27-19(15)17(25)14-16/h6-10,13-14H,4-5,11-12H2,1-3H3,(H2,26,29). The van der Waals surface area contributed by atoms with Crippen molar-refractivity contribution in [3.05, 3.63) is 53.4 Å². The van der Waals surface area contributed by atoms with E-state index in [1.54, 1.807) is 36.3 Å². The third-order valence-corrected chi connectivity index (χ3v) is 5.83. The van der Waals surface area contributed by atoms with E-state index >= 15 is 0 Å². The van der Waals surface area contributed by atoms with Crippen molar-refractivity contribution < 1.29 is 9.53 Å². The van der Waals surface area contributed by atoms with Crippen LogP contribution in [-0.4, -0.2) is 61.8 Å². The molecule has 0 unspecified atom stereocenters. The number of fused-ring (bicyclic) bond motifs is 1. The van der Waals surface area contributed by atoms with Crippen LogP contribution in [0.4, 0.5) is 5.82 Å². The molecule has 0 fully saturated rings. The smallest absolute Gasteiger partial charge is 0.360 e. The molecular formula is C24H26ClN7O2. The molecule has 0 saturated heterocycles. The number of pyridine rings is 1. The first kappa shape index (κ1) is 23.6. The number of halogens is 1. The Morgan fingerprint density at radius 3 is 2.68 bits per heavy atom. The number of aryl methyl sites for hydroxylation is 1. The average Bonchev–Trinajstić information content (AvgIpc) is 3.27. The number of esters is 1. The van der Waals surface area contributed by atoms with Gasteiger partial charge in [0.1, 0.15) is 18.0 Å². The van der Waals surface area contributed by atoms with Crippen LogP contribution in [0, 0.1) is 0 Å². The second-order valence-corrected chi connectivity index (χ2v) is 8.13. The number of rotatable bonds is 8. The Morgan fingerprint density at radius 1 is 1.18 bits per heavy atom. The Bertz CT molecular complexity index is 1330. The lowest BCUT2D eigenvalue weighted by Crippen LogP contribution is -2.28. The summed E-state index contributed by atoms with van der Waals surface area (Å²) in [6.45, 7) is 6.71. The van der Waals surface area contributed by atoms with Crippen LogP contribution in [0.5, 0.6) is 0 Å². The Balaban J connectivity index is 1.78. The second-order valence-electron chi connectivity index (χ2n) is 7.73. The second kappa shape index (κ2) is 10.1. The molecular weight excluding hydrogens is 454 g/mol. The highest BCUT2D eigenvalue weighted by molar-refractivity contribution is 6.35. The van der Waals surface area contributed by atoms with E-state index in [2.05, 4.69) is 38.8 Å². The fourth-order valence-corrected chi connectivity index (χ4v) is 3.96. The van der Waals surface area contributed by atoms with Crippen molar-refractivity contribution in [3.63, 3.8) is 0 Å². The molecule has 4 aromatic rings. The molecule has 0 aliphatic carbocycles. The molecule has 0 aliphatic heterocycles. The van der Waals surface area contributed by atoms with Crippen LogP contribution in [0.3, 0.4) is 0 Å². The van der Waals surface area contributed by atoms with E-state index in [-0.39, 0.29) is 18.1 Å². The van der Waals surface area contributed by atoms with Crippen LogP contribution in [-0.2, 0) is 11.8 Å². The number of carbonyl (C=O) groups is 1. The number of nitrogens with zero attached hydrogens (tertiary/aromatic N) is 6. The van der Waals surface area contributed by atoms with Gasteiger partial charge in [0.05, 0.1) is 16.2 Å². The third-order valence-electron chi connectivity index (χ3n) is 5.54. The van der Waals surface area contributed by atoms with Crippen LogP contribution in [0.1, 0.15) is 24.3 Å². The van der Waals surface area contributed by atoms with Gasteiger partial charge in [-0.2, -0.15) is 5.10 Å². The number of nitrogens with two attached hydrogens (primary N) is 1. The number of nitrogen functional groups attached to an aromatic ring is 1. The van der Waals surface area contributed by atoms with E-state index in [0.29, 0.717) is 39.7 Å². The summed E-state index contributed by atoms with van der Waals surface area (Å²) >= 11 is 6.52. The first-order chi connectivity index (χ1) is 16.4. The largest absolute Gasteiger partial charge is 0.460 e. The lowest BCUT2D eigenvalue weighted by Gasteiger charge is -2.17. The van der Waals surface area contributed by atoms with E-state index in [4.69, 9.17) is 22.1 Å². The molecule has 3 heterocycles. The van der Waals surface area contributed by atoms with Gasteiger partial charge in [0, 0.05) is 36.9 Å². The van der Waals surface area contributed by atoms with E-state index in [9.17, 15) is 4.79 Å². The molecule has 34 heavy (non-hydrogen) atoms. The highest BCUT2D eigenvalue weighted by atomic mass is 35.5. The zero-order valence-corrected chi connectivity index (χ0v) is 20.1. The summed E-state index contributed by atoms with van der Waals surface area (Å²) in [4.78, 5) is 28.5. The molecule has 0 aliphatic rings. The number of carbonyl (C=O) groups excluding carboxylic acids is 1. The molecule has 0 atom stereocenters. The van der Waals surface area contributed by atoms with Gasteiger partial charge in [0.15, 0.2) is 11.5 Å². The molecule has 4 rings (SSSR count). The van der Waals surface area contributed by atoms with Crippen molar-refractivity contribution in [1.82, 2.24) is 29.6 Å². The molecule has 0 spiro atoms. The number of aromatic nitrogens is 5. The zero-order valence-electron chi connectivity index (χ0n) is 19.3. The summed E-state index contributed by atoms with van der Waals surface area (Å²) in [5.74, 6) is -0.648. The van der Waals surface area contributed by atoms with E-state index < -0.39 is 5.97 Å². The van der Waals surface area contributed by atoms with Crippen molar-refractivity contribution in [1.29, 1.82) is 0 Å². The Morgan fingerprint density at radius 2 is 1.97 bits per heavy atom. The molecule has 0 saturated carbocycles. The Kier molecular flexibility index (Phi) is 7.04. The van der Waals surface area contributed by atoms with E-state index in [1.807, 2.05) is 18.2 Å². The monoisotopic (exact) mass is 479 g/mol. The first-order valence-corrected chi connectivity index (χ1v) is 11.4. The molecule has 0 radical (unpaired) electrons. The van der Waals surface area contributed by atoms with Gasteiger partial charge in [-0.15, -0.1) is 0 Å². The van der Waals surface area contributed by atoms with Crippen LogP contribution in [0.25, 0.3) is 33.5 Å². The van der Waals surface area contributed by atoms with Gasteiger partial charge in [0.25, 0.3) is 0 Å². The van der Waals surface area contributed by atoms with Gasteiger partial charge < -0.3 is 15.4 Å². The van der Waals surface area contributed by atoms with Gasteiger partial charge in [-0.25, -0.2) is 14.8 Å². The molecule has 2 N–H and O–H groups in total. The summed E-state index contributed by atoms with van der Waals surface area (Å²) in [6, 6.07) is 9.19. The van der Waals surface area contributed by atoms with Gasteiger partial charge in [-0.05, 0) is 37.4 Å². The Hall–Kier alpha value is -3.56. The molecule has 176 valence electrons. The average molecular weight is 480 g/mol. The Labute approximate surface area is 202 Å². The molecule has 9 nitrogen and oxygen atoms in total. The topological polar surface area (TPSA) is 112 Å². The number of benzene rings is 1. The quantitative estimate of drug-likeness (QED) is 0.379. The number of hydrogen-bond acceptors (Lipinski definition) is 8. The van der Waals surface area contributed by atoms with E-state index in [0.717, 1.165) is 18.5 Å². The first-order valence-electron chi connectivity index (χ1n) is 11.0. The maximum Gasteiger partial charge on any atom is 0.360 e. The number of likely N-dealkylation sites (N-methyl/N-ethyl adjacent to an activating group) is 1. The number of ether oxygens (including phenoxy) is 1. The van der Waals surface area contributed by atoms with Crippen LogP contribution >= 0.6 is 11.6 Å². The maximum absolute atomic E-state index is 12.9. The highest BCUT2D eigenvalue weighted by Gasteiger charge is 2.23. The van der Waals surface area contributed by atoms with Crippen LogP contribution in [0.15, 0.2) is 42.7 Å². The number of hydrogen-bond donors (Lipinski definition) is 1. The predicted molar refractivity (Wildman–Crippen MR) is 132 cm³/mol. The molecule has 3 aromatic heterocycles. The van der Waals surface area contributed by atoms with Gasteiger partial charge >= 0.3 is 5.97 Å². The summed E-state index contributed by atoms with van der Waals surface area (Å²) in [5.41, 5.74) is 8.89. The number of anilines is 1. The predicted octanol–water partition coefficient (Wildman–Crippen LogP) is 3.83. The van der Waals surface area contributed by atoms with Crippen LogP contribution < -0.4 is 5.73 Å². The van der Waals surface area contributed by atoms with Crippen molar-refractivity contribution in [2.45, 2.75) is 13.8 Å². The normalized spacial score (nSPS) is 11.3. The van der Waals surface area contributed by atoms with Crippen molar-refractivity contribution >= 4 is 34.3 Å². The SMILES string of the molecule is CCN(CC)CCOC(=O)c1nc(-c2cc(Cl)c3ncccc3c2)c(-c2ccn(C)n2)nc1N. The van der Waals surface area contributed by atoms with Crippen LogP contribution in [0.2, 0.25) is 5.02 Å². The van der Waals surface area contributed by atoms with Crippen molar-refractivity contribution in [3.8, 4) is 22.6 Å². The van der Waals surface area contributed by atoms with E-state index in [1.165, 1.54) is 0 Å². The minimum atomic E-state index is -0.625. The third kappa shape index (κ3) is 4.85. The zero-order chi connectivity index (χ0) is 24.2. The fourth-order valence-electron chi connectivity index (χ4n) is 3.68. The van der Waals surface area contributed by atoms with Crippen molar-refractivity contribution in [2.75, 3.05) is 32.0 Å². The summed E-state index contributed by atoms with van der Waals surface area (Å²) in [5, 5.41) is 5.74. The molecule has 10 heteroatoms. The molecule has 0 bridgehead atoms. The fraction of sp³-hybridized carbons (Fsp3) is 0.292. The minimum absolute atomic E-state index is 0.0224. The summed E-state index contributed by atoms with van der Waals surface area (Å²) in [7, 11) is 1.81. The van der Waals surface area contributed by atoms with Gasteiger partial charge in [-0.3, -0.25) is 9.67 Å². The minimum Gasteiger partial charge on any atom is -0.460 e. The van der Waals surface area contributed by atoms with Gasteiger partial charge in [-0.1, -0.05) is 31.5 Å².